The van der Waals surface area contributed by atoms with Crippen LogP contribution < -0.4 is 4.90 Å². The first-order valence-corrected chi connectivity index (χ1v) is 11.7. The molecule has 1 unspecified atom stereocenters. The van der Waals surface area contributed by atoms with E-state index in [9.17, 15) is 0 Å². The number of para-hydroxylation sites is 1. The van der Waals surface area contributed by atoms with Gasteiger partial charge in [0.1, 0.15) is 5.69 Å². The van der Waals surface area contributed by atoms with Crippen molar-refractivity contribution in [2.75, 3.05) is 18.1 Å². The van der Waals surface area contributed by atoms with E-state index in [-0.39, 0.29) is 6.23 Å². The molecular formula is C27H28N4O. The maximum Gasteiger partial charge on any atom is 0.150 e. The summed E-state index contributed by atoms with van der Waals surface area (Å²) in [5.74, 6) is 0. The molecule has 2 aromatic carbocycles. The third kappa shape index (κ3) is 3.56. The van der Waals surface area contributed by atoms with Crippen molar-refractivity contribution in [1.29, 1.82) is 0 Å². The Hall–Kier alpha value is -3.18. The molecule has 162 valence electrons. The number of aromatic nitrogens is 3. The molecule has 4 aromatic rings. The van der Waals surface area contributed by atoms with Crippen molar-refractivity contribution >= 4 is 16.6 Å². The van der Waals surface area contributed by atoms with Crippen LogP contribution >= 0.6 is 0 Å². The molecule has 0 aliphatic carbocycles. The first-order chi connectivity index (χ1) is 15.9. The molecule has 0 saturated carbocycles. The Kier molecular flexibility index (Phi) is 5.12. The molecule has 2 aromatic heterocycles. The molecule has 6 rings (SSSR count). The lowest BCUT2D eigenvalue weighted by atomic mass is 10.0. The van der Waals surface area contributed by atoms with Gasteiger partial charge >= 0.3 is 0 Å². The number of fused-ring (bicyclic) bond motifs is 2. The Balaban J connectivity index is 1.41. The van der Waals surface area contributed by atoms with Gasteiger partial charge in [0.25, 0.3) is 0 Å². The van der Waals surface area contributed by atoms with Crippen LogP contribution in [0.3, 0.4) is 0 Å². The van der Waals surface area contributed by atoms with Crippen LogP contribution in [0, 0.1) is 0 Å². The summed E-state index contributed by atoms with van der Waals surface area (Å²) in [7, 11) is 0. The zero-order chi connectivity index (χ0) is 21.3. The molecule has 0 amide bonds. The molecule has 1 fully saturated rings. The predicted molar refractivity (Wildman–Crippen MR) is 128 cm³/mol. The van der Waals surface area contributed by atoms with Gasteiger partial charge in [-0.05, 0) is 49.8 Å². The standard InChI is InChI=1S/C27H28N4O/c1-2-9-20(10-3-1)19-30-15-8-12-23-25(30)17-21(18-28-23)27-22-11-4-5-13-24(22)31(29-27)26-14-6-7-16-32-26/h1-5,9-11,13,17-18,26H,6-8,12,14-16,19H2. The fraction of sp³-hybridized carbons (Fsp3) is 0.333. The van der Waals surface area contributed by atoms with Crippen molar-refractivity contribution in [2.24, 2.45) is 0 Å². The summed E-state index contributed by atoms with van der Waals surface area (Å²) in [6, 6.07) is 21.5. The summed E-state index contributed by atoms with van der Waals surface area (Å²) in [5, 5.41) is 6.24. The molecule has 4 heterocycles. The minimum Gasteiger partial charge on any atom is -0.366 e. The second-order valence-corrected chi connectivity index (χ2v) is 8.83. The van der Waals surface area contributed by atoms with Gasteiger partial charge < -0.3 is 9.64 Å². The SMILES string of the molecule is c1ccc(CN2CCCc3ncc(-c4nn(C5CCCCO5)c5ccccc45)cc32)cc1. The number of rotatable bonds is 4. The van der Waals surface area contributed by atoms with Gasteiger partial charge in [0.05, 0.1) is 16.9 Å². The van der Waals surface area contributed by atoms with Crippen LogP contribution in [0.5, 0.6) is 0 Å². The molecule has 32 heavy (non-hydrogen) atoms. The summed E-state index contributed by atoms with van der Waals surface area (Å²) >= 11 is 0. The van der Waals surface area contributed by atoms with Crippen molar-refractivity contribution in [3.8, 4) is 11.3 Å². The highest BCUT2D eigenvalue weighted by atomic mass is 16.5. The van der Waals surface area contributed by atoms with Gasteiger partial charge in [0.15, 0.2) is 6.23 Å². The highest BCUT2D eigenvalue weighted by Crippen LogP contribution is 2.36. The average Bonchev–Trinajstić information content (AvgIpc) is 3.25. The van der Waals surface area contributed by atoms with Gasteiger partial charge in [-0.2, -0.15) is 5.10 Å². The van der Waals surface area contributed by atoms with E-state index in [4.69, 9.17) is 14.8 Å². The molecule has 0 radical (unpaired) electrons. The van der Waals surface area contributed by atoms with Gasteiger partial charge in [0.2, 0.25) is 0 Å². The van der Waals surface area contributed by atoms with E-state index in [1.807, 2.05) is 6.20 Å². The monoisotopic (exact) mass is 424 g/mol. The van der Waals surface area contributed by atoms with Gasteiger partial charge in [0, 0.05) is 36.8 Å². The van der Waals surface area contributed by atoms with Crippen LogP contribution in [-0.4, -0.2) is 27.9 Å². The molecule has 1 saturated heterocycles. The summed E-state index contributed by atoms with van der Waals surface area (Å²) < 4.78 is 8.16. The van der Waals surface area contributed by atoms with E-state index in [2.05, 4.69) is 70.2 Å². The van der Waals surface area contributed by atoms with Crippen molar-refractivity contribution in [3.63, 3.8) is 0 Å². The van der Waals surface area contributed by atoms with Crippen molar-refractivity contribution in [3.05, 3.63) is 78.1 Å². The number of anilines is 1. The highest BCUT2D eigenvalue weighted by Gasteiger charge is 2.24. The lowest BCUT2D eigenvalue weighted by Crippen LogP contribution is -2.29. The Labute approximate surface area is 188 Å². The minimum atomic E-state index is 0.0163. The molecule has 5 nitrogen and oxygen atoms in total. The number of benzene rings is 2. The number of ether oxygens (including phenoxy) is 1. The molecular weight excluding hydrogens is 396 g/mol. The maximum atomic E-state index is 6.07. The molecule has 2 aliphatic heterocycles. The third-order valence-corrected chi connectivity index (χ3v) is 6.66. The summed E-state index contributed by atoms with van der Waals surface area (Å²) in [6.45, 7) is 2.77. The van der Waals surface area contributed by atoms with Gasteiger partial charge in [-0.15, -0.1) is 0 Å². The number of hydrogen-bond donors (Lipinski definition) is 0. The number of hydrogen-bond acceptors (Lipinski definition) is 4. The zero-order valence-corrected chi connectivity index (χ0v) is 18.3. The number of pyridine rings is 1. The normalized spacial score (nSPS) is 18.6. The molecule has 1 atom stereocenters. The first-order valence-electron chi connectivity index (χ1n) is 11.7. The van der Waals surface area contributed by atoms with E-state index < -0.39 is 0 Å². The van der Waals surface area contributed by atoms with Gasteiger partial charge in [-0.25, -0.2) is 4.68 Å². The lowest BCUT2D eigenvalue weighted by molar-refractivity contribution is -0.0365. The van der Waals surface area contributed by atoms with Crippen molar-refractivity contribution in [1.82, 2.24) is 14.8 Å². The Morgan fingerprint density at radius 3 is 2.72 bits per heavy atom. The fourth-order valence-electron chi connectivity index (χ4n) is 5.04. The van der Waals surface area contributed by atoms with Crippen LogP contribution in [0.25, 0.3) is 22.2 Å². The molecule has 0 bridgehead atoms. The minimum absolute atomic E-state index is 0.0163. The lowest BCUT2D eigenvalue weighted by Gasteiger charge is -2.31. The van der Waals surface area contributed by atoms with E-state index in [1.165, 1.54) is 23.4 Å². The summed E-state index contributed by atoms with van der Waals surface area (Å²) in [6.07, 6.45) is 7.53. The van der Waals surface area contributed by atoms with E-state index in [1.54, 1.807) is 0 Å². The second-order valence-electron chi connectivity index (χ2n) is 8.83. The van der Waals surface area contributed by atoms with E-state index >= 15 is 0 Å². The maximum absolute atomic E-state index is 6.07. The Morgan fingerprint density at radius 2 is 1.84 bits per heavy atom. The molecule has 2 aliphatic rings. The van der Waals surface area contributed by atoms with Crippen LogP contribution in [0.2, 0.25) is 0 Å². The third-order valence-electron chi connectivity index (χ3n) is 6.66. The van der Waals surface area contributed by atoms with Crippen molar-refractivity contribution < 1.29 is 4.74 Å². The van der Waals surface area contributed by atoms with Crippen LogP contribution in [0.15, 0.2) is 66.9 Å². The quantitative estimate of drug-likeness (QED) is 0.418. The predicted octanol–water partition coefficient (Wildman–Crippen LogP) is 5.75. The topological polar surface area (TPSA) is 43.2 Å². The fourth-order valence-corrected chi connectivity index (χ4v) is 5.04. The smallest absolute Gasteiger partial charge is 0.150 e. The van der Waals surface area contributed by atoms with Crippen LogP contribution in [0.1, 0.15) is 43.2 Å². The highest BCUT2D eigenvalue weighted by molar-refractivity contribution is 5.93. The van der Waals surface area contributed by atoms with E-state index in [0.29, 0.717) is 0 Å². The number of nitrogens with zero attached hydrogens (tertiary/aromatic N) is 4. The first kappa shape index (κ1) is 19.5. The van der Waals surface area contributed by atoms with Crippen LogP contribution in [-0.2, 0) is 17.7 Å². The summed E-state index contributed by atoms with van der Waals surface area (Å²) in [5.41, 5.74) is 6.97. The zero-order valence-electron chi connectivity index (χ0n) is 18.3. The summed E-state index contributed by atoms with van der Waals surface area (Å²) in [4.78, 5) is 7.36. The Bertz CT molecular complexity index is 1230. The van der Waals surface area contributed by atoms with Gasteiger partial charge in [-0.1, -0.05) is 48.5 Å². The Morgan fingerprint density at radius 1 is 0.969 bits per heavy atom. The van der Waals surface area contributed by atoms with E-state index in [0.717, 1.165) is 67.5 Å². The van der Waals surface area contributed by atoms with Gasteiger partial charge in [-0.3, -0.25) is 4.98 Å². The molecule has 5 heteroatoms. The molecule has 0 spiro atoms. The van der Waals surface area contributed by atoms with Crippen LogP contribution in [0.4, 0.5) is 5.69 Å². The van der Waals surface area contributed by atoms with Crippen molar-refractivity contribution in [2.45, 2.75) is 44.9 Å². The largest absolute Gasteiger partial charge is 0.366 e. The molecule has 0 N–H and O–H groups in total. The average molecular weight is 425 g/mol. The number of aryl methyl sites for hydroxylation is 1. The second kappa shape index (κ2) is 8.40.